The number of furan rings is 1. The number of amides is 1. The maximum absolute atomic E-state index is 11.4. The highest BCUT2D eigenvalue weighted by Gasteiger charge is 2.11. The lowest BCUT2D eigenvalue weighted by Crippen LogP contribution is -2.18. The molecule has 5 nitrogen and oxygen atoms in total. The molecule has 0 radical (unpaired) electrons. The molecule has 0 saturated carbocycles. The van der Waals surface area contributed by atoms with Crippen LogP contribution in [0.5, 0.6) is 0 Å². The lowest BCUT2D eigenvalue weighted by Gasteiger charge is -1.99. The van der Waals surface area contributed by atoms with E-state index in [2.05, 4.69) is 11.4 Å². The standard InChI is InChI=1S/C16H11N3O2/c1-19-16(20)12(10-18)8-13-6-7-15(21-13)14-5-3-2-4-11(14)9-17/h2-8H,1H3,(H,19,20)/b12-8+. The second-order valence-electron chi connectivity index (χ2n) is 4.11. The van der Waals surface area contributed by atoms with Crippen LogP contribution in [0.25, 0.3) is 17.4 Å². The van der Waals surface area contributed by atoms with Gasteiger partial charge in [-0.25, -0.2) is 0 Å². The smallest absolute Gasteiger partial charge is 0.261 e. The molecule has 0 spiro atoms. The van der Waals surface area contributed by atoms with Gasteiger partial charge in [0.15, 0.2) is 0 Å². The molecule has 0 bridgehead atoms. The van der Waals surface area contributed by atoms with Crippen molar-refractivity contribution < 1.29 is 9.21 Å². The molecule has 102 valence electrons. The zero-order valence-corrected chi connectivity index (χ0v) is 11.3. The minimum absolute atomic E-state index is 0.0491. The van der Waals surface area contributed by atoms with Crippen molar-refractivity contribution in [2.24, 2.45) is 0 Å². The zero-order chi connectivity index (χ0) is 15.2. The number of carbonyl (C=O) groups excluding carboxylic acids is 1. The number of nitrogens with zero attached hydrogens (tertiary/aromatic N) is 2. The Morgan fingerprint density at radius 2 is 2.00 bits per heavy atom. The minimum Gasteiger partial charge on any atom is -0.457 e. The van der Waals surface area contributed by atoms with Crippen molar-refractivity contribution in [1.82, 2.24) is 5.32 Å². The van der Waals surface area contributed by atoms with Gasteiger partial charge in [-0.3, -0.25) is 4.79 Å². The zero-order valence-electron chi connectivity index (χ0n) is 11.3. The third-order valence-corrected chi connectivity index (χ3v) is 2.82. The van der Waals surface area contributed by atoms with Gasteiger partial charge in [-0.1, -0.05) is 12.1 Å². The first-order chi connectivity index (χ1) is 10.2. The summed E-state index contributed by atoms with van der Waals surface area (Å²) in [5.41, 5.74) is 1.11. The van der Waals surface area contributed by atoms with E-state index in [0.717, 1.165) is 0 Å². The number of hydrogen-bond acceptors (Lipinski definition) is 4. The van der Waals surface area contributed by atoms with Gasteiger partial charge in [0.05, 0.1) is 11.6 Å². The number of nitriles is 2. The maximum Gasteiger partial charge on any atom is 0.261 e. The fraction of sp³-hybridized carbons (Fsp3) is 0.0625. The molecule has 0 unspecified atom stereocenters. The quantitative estimate of drug-likeness (QED) is 0.689. The Labute approximate surface area is 121 Å². The van der Waals surface area contributed by atoms with E-state index in [9.17, 15) is 4.79 Å². The Kier molecular flexibility index (Phi) is 4.18. The Morgan fingerprint density at radius 3 is 2.67 bits per heavy atom. The molecule has 1 amide bonds. The molecule has 1 aromatic carbocycles. The van der Waals surface area contributed by atoms with E-state index in [1.807, 2.05) is 6.07 Å². The van der Waals surface area contributed by atoms with Crippen molar-refractivity contribution in [1.29, 1.82) is 10.5 Å². The SMILES string of the molecule is CNC(=O)/C(C#N)=C/c1ccc(-c2ccccc2C#N)o1. The summed E-state index contributed by atoms with van der Waals surface area (Å²) in [6.45, 7) is 0. The van der Waals surface area contributed by atoms with Gasteiger partial charge < -0.3 is 9.73 Å². The van der Waals surface area contributed by atoms with Gasteiger partial charge in [0, 0.05) is 18.7 Å². The minimum atomic E-state index is -0.479. The average Bonchev–Trinajstić information content (AvgIpc) is 3.00. The number of likely N-dealkylation sites (N-methyl/N-ethyl adjacent to an activating group) is 1. The average molecular weight is 277 g/mol. The van der Waals surface area contributed by atoms with E-state index < -0.39 is 5.91 Å². The van der Waals surface area contributed by atoms with Gasteiger partial charge in [0.2, 0.25) is 0 Å². The molecule has 0 saturated heterocycles. The van der Waals surface area contributed by atoms with Crippen LogP contribution in [0.1, 0.15) is 11.3 Å². The molecule has 0 aliphatic carbocycles. The second-order valence-corrected chi connectivity index (χ2v) is 4.11. The summed E-state index contributed by atoms with van der Waals surface area (Å²) >= 11 is 0. The van der Waals surface area contributed by atoms with Crippen LogP contribution in [0.3, 0.4) is 0 Å². The van der Waals surface area contributed by atoms with Crippen LogP contribution in [0.2, 0.25) is 0 Å². The Hall–Kier alpha value is -3.31. The van der Waals surface area contributed by atoms with Crippen LogP contribution in [0, 0.1) is 22.7 Å². The largest absolute Gasteiger partial charge is 0.457 e. The van der Waals surface area contributed by atoms with Gasteiger partial charge in [-0.05, 0) is 24.3 Å². The van der Waals surface area contributed by atoms with Crippen molar-refractivity contribution in [2.75, 3.05) is 7.05 Å². The number of rotatable bonds is 3. The number of hydrogen-bond donors (Lipinski definition) is 1. The van der Waals surface area contributed by atoms with Crippen LogP contribution < -0.4 is 5.32 Å². The normalized spacial score (nSPS) is 10.5. The van der Waals surface area contributed by atoms with E-state index in [4.69, 9.17) is 14.9 Å². The molecular formula is C16H11N3O2. The summed E-state index contributed by atoms with van der Waals surface area (Å²) in [6, 6.07) is 14.3. The summed E-state index contributed by atoms with van der Waals surface area (Å²) < 4.78 is 5.58. The highest BCUT2D eigenvalue weighted by atomic mass is 16.3. The monoisotopic (exact) mass is 277 g/mol. The molecule has 1 aromatic heterocycles. The maximum atomic E-state index is 11.4. The van der Waals surface area contributed by atoms with Crippen LogP contribution in [0.4, 0.5) is 0 Å². The molecule has 1 heterocycles. The van der Waals surface area contributed by atoms with Gasteiger partial charge in [-0.2, -0.15) is 10.5 Å². The third-order valence-electron chi connectivity index (χ3n) is 2.82. The molecule has 5 heteroatoms. The van der Waals surface area contributed by atoms with Gasteiger partial charge >= 0.3 is 0 Å². The molecule has 1 N–H and O–H groups in total. The van der Waals surface area contributed by atoms with Crippen molar-refractivity contribution in [3.8, 4) is 23.5 Å². The molecule has 0 aliphatic rings. The van der Waals surface area contributed by atoms with E-state index in [-0.39, 0.29) is 5.57 Å². The van der Waals surface area contributed by atoms with Crippen LogP contribution in [-0.2, 0) is 4.79 Å². The molecule has 2 aromatic rings. The van der Waals surface area contributed by atoms with E-state index >= 15 is 0 Å². The third kappa shape index (κ3) is 2.99. The summed E-state index contributed by atoms with van der Waals surface area (Å²) in [4.78, 5) is 11.4. The van der Waals surface area contributed by atoms with E-state index in [1.165, 1.54) is 13.1 Å². The van der Waals surface area contributed by atoms with E-state index in [1.54, 1.807) is 36.4 Å². The lowest BCUT2D eigenvalue weighted by molar-refractivity contribution is -0.116. The second kappa shape index (κ2) is 6.23. The topological polar surface area (TPSA) is 89.8 Å². The predicted octanol–water partition coefficient (Wildman–Crippen LogP) is 2.47. The summed E-state index contributed by atoms with van der Waals surface area (Å²) in [5.74, 6) is 0.401. The highest BCUT2D eigenvalue weighted by Crippen LogP contribution is 2.26. The molecular weight excluding hydrogens is 266 g/mol. The molecule has 21 heavy (non-hydrogen) atoms. The highest BCUT2D eigenvalue weighted by molar-refractivity contribution is 6.01. The van der Waals surface area contributed by atoms with Crippen molar-refractivity contribution in [2.45, 2.75) is 0 Å². The van der Waals surface area contributed by atoms with Crippen molar-refractivity contribution in [3.63, 3.8) is 0 Å². The van der Waals surface area contributed by atoms with Gasteiger partial charge in [-0.15, -0.1) is 0 Å². The number of carbonyl (C=O) groups is 1. The first-order valence-corrected chi connectivity index (χ1v) is 6.12. The van der Waals surface area contributed by atoms with Gasteiger partial charge in [0.1, 0.15) is 23.2 Å². The van der Waals surface area contributed by atoms with Crippen molar-refractivity contribution in [3.05, 3.63) is 53.3 Å². The first kappa shape index (κ1) is 14.1. The molecule has 2 rings (SSSR count). The Bertz CT molecular complexity index is 788. The molecule has 0 fully saturated rings. The lowest BCUT2D eigenvalue weighted by atomic mass is 10.1. The Morgan fingerprint density at radius 1 is 1.24 bits per heavy atom. The fourth-order valence-electron chi connectivity index (χ4n) is 1.80. The van der Waals surface area contributed by atoms with E-state index in [0.29, 0.717) is 22.6 Å². The van der Waals surface area contributed by atoms with Crippen molar-refractivity contribution >= 4 is 12.0 Å². The summed E-state index contributed by atoms with van der Waals surface area (Å²) in [5, 5.41) is 20.4. The number of benzene rings is 1. The van der Waals surface area contributed by atoms with Crippen LogP contribution in [0.15, 0.2) is 46.4 Å². The Balaban J connectivity index is 2.40. The molecule has 0 aliphatic heterocycles. The van der Waals surface area contributed by atoms with Crippen LogP contribution >= 0.6 is 0 Å². The predicted molar refractivity (Wildman–Crippen MR) is 76.5 cm³/mol. The summed E-state index contributed by atoms with van der Waals surface area (Å²) in [6.07, 6.45) is 1.36. The number of nitrogens with one attached hydrogen (secondary N) is 1. The fourth-order valence-corrected chi connectivity index (χ4v) is 1.80. The first-order valence-electron chi connectivity index (χ1n) is 6.12. The molecule has 0 atom stereocenters. The van der Waals surface area contributed by atoms with Crippen LogP contribution in [-0.4, -0.2) is 13.0 Å². The summed E-state index contributed by atoms with van der Waals surface area (Å²) in [7, 11) is 1.45. The van der Waals surface area contributed by atoms with Gasteiger partial charge in [0.25, 0.3) is 5.91 Å².